The van der Waals surface area contributed by atoms with Crippen LogP contribution in [0.2, 0.25) is 0 Å². The highest BCUT2D eigenvalue weighted by Crippen LogP contribution is 2.39. The summed E-state index contributed by atoms with van der Waals surface area (Å²) in [5.74, 6) is -4.18. The third-order valence-electron chi connectivity index (χ3n) is 16.6. The zero-order valence-corrected chi connectivity index (χ0v) is 52.0. The molecule has 2 fully saturated rings. The molecule has 19 nitrogen and oxygen atoms in total. The van der Waals surface area contributed by atoms with E-state index in [2.05, 4.69) is 60.6 Å². The number of hydrogen-bond acceptors (Lipinski definition) is 14. The van der Waals surface area contributed by atoms with Crippen LogP contribution in [-0.2, 0) is 22.4 Å². The first-order chi connectivity index (χ1) is 43.6. The number of allylic oxidation sites excluding steroid dienone is 1. The molecule has 24 heteroatoms. The minimum atomic E-state index is -0.881. The average molecular weight is 1260 g/mol. The van der Waals surface area contributed by atoms with Crippen molar-refractivity contribution in [3.63, 3.8) is 0 Å². The molecule has 4 aliphatic rings. The fourth-order valence-corrected chi connectivity index (χ4v) is 12.3. The molecule has 2 atom stereocenters. The van der Waals surface area contributed by atoms with Gasteiger partial charge in [-0.25, -0.2) is 46.3 Å². The molecule has 4 aliphatic heterocycles. The van der Waals surface area contributed by atoms with Gasteiger partial charge in [-0.2, -0.15) is 9.97 Å². The third kappa shape index (κ3) is 12.8. The monoisotopic (exact) mass is 1260 g/mol. The van der Waals surface area contributed by atoms with Gasteiger partial charge in [-0.05, 0) is 154 Å². The van der Waals surface area contributed by atoms with Crippen molar-refractivity contribution in [2.24, 2.45) is 0 Å². The van der Waals surface area contributed by atoms with Crippen LogP contribution < -0.4 is 31.8 Å². The van der Waals surface area contributed by atoms with Crippen LogP contribution in [0.3, 0.4) is 0 Å². The number of benzene rings is 2. The maximum absolute atomic E-state index is 16.2. The van der Waals surface area contributed by atoms with E-state index in [0.717, 1.165) is 42.5 Å². The van der Waals surface area contributed by atoms with Crippen molar-refractivity contribution in [1.82, 2.24) is 54.6 Å². The Kier molecular flexibility index (Phi) is 19.3. The summed E-state index contributed by atoms with van der Waals surface area (Å²) in [4.78, 5) is 110. The number of amides is 3. The Bertz CT molecular complexity index is 4370. The molecule has 6 aromatic heterocycles. The van der Waals surface area contributed by atoms with E-state index in [-0.39, 0.29) is 86.8 Å². The fourth-order valence-electron chi connectivity index (χ4n) is 12.3. The molecule has 4 bridgehead atoms. The Balaban J connectivity index is 0.000000187. The summed E-state index contributed by atoms with van der Waals surface area (Å²) in [7, 11) is 0. The van der Waals surface area contributed by atoms with Crippen LogP contribution in [0.5, 0.6) is 0 Å². The number of carbonyl (C=O) groups is 4. The standard InChI is InChI=1S/C33H33F2N7O3.C31H32F2N6O2.C3H3ClO/c1-5-25(43)40-14-15-41(19(4)17-40)30-22-16-24(35)28-26-21(9-6-10-23(26)34)32(44)37-12-7-8-20-11-13-36-27(18(2)3)29(20)42(31(22)38-28)33(45)39-30;1-17(2)25-27-19(12-14-34-25)9-7-13-35-30(40)20-10-6-11-22(32)24(20)26-23(33)16-21-28(38-15-5-4-8-18(38)3)37-31(41)39(27)29(21)36-26;1-2-3(4)5/h5-6,9-11,13,16,18-19H,1,7-8,12,14-15,17H2,2-4H3,(H,37,44);6,10-12,14,16-18H,4-5,7-9,13,15H2,1-3H3,(H,35,40);2H,1H2/t19-;18-;/m00./s1. The molecule has 0 radical (unpaired) electrons. The number of anilines is 2. The Hall–Kier alpha value is -9.51. The Labute approximate surface area is 526 Å². The molecule has 10 heterocycles. The number of nitrogens with zero attached hydrogens (tertiary/aromatic N) is 11. The second-order valence-electron chi connectivity index (χ2n) is 23.3. The quantitative estimate of drug-likeness (QED) is 0.0898. The van der Waals surface area contributed by atoms with Gasteiger partial charge < -0.3 is 25.3 Å². The van der Waals surface area contributed by atoms with E-state index < -0.39 is 57.4 Å². The van der Waals surface area contributed by atoms with E-state index in [1.165, 1.54) is 57.7 Å². The minimum Gasteiger partial charge on any atom is -0.353 e. The first-order valence-electron chi connectivity index (χ1n) is 30.3. The summed E-state index contributed by atoms with van der Waals surface area (Å²) in [6, 6.07) is 13.9. The number of nitrogens with one attached hydrogen (secondary N) is 2. The minimum absolute atomic E-state index is 0.0233. The molecular weight excluding hydrogens is 1190 g/mol. The topological polar surface area (TPSA) is 223 Å². The molecule has 8 aromatic rings. The second-order valence-corrected chi connectivity index (χ2v) is 23.7. The van der Waals surface area contributed by atoms with Gasteiger partial charge in [-0.3, -0.25) is 29.1 Å². The van der Waals surface area contributed by atoms with E-state index >= 15 is 17.6 Å². The number of pyridine rings is 4. The van der Waals surface area contributed by atoms with Crippen molar-refractivity contribution in [1.29, 1.82) is 0 Å². The van der Waals surface area contributed by atoms with Gasteiger partial charge in [0.15, 0.2) is 22.9 Å². The largest absolute Gasteiger partial charge is 0.355 e. The Morgan fingerprint density at radius 3 is 1.48 bits per heavy atom. The van der Waals surface area contributed by atoms with Crippen LogP contribution in [0.1, 0.15) is 129 Å². The molecule has 0 spiro atoms. The van der Waals surface area contributed by atoms with E-state index in [1.54, 1.807) is 17.3 Å². The highest BCUT2D eigenvalue weighted by molar-refractivity contribution is 6.66. The normalized spacial score (nSPS) is 16.6. The van der Waals surface area contributed by atoms with E-state index in [1.807, 2.05) is 56.6 Å². The Morgan fingerprint density at radius 1 is 0.604 bits per heavy atom. The van der Waals surface area contributed by atoms with Crippen molar-refractivity contribution < 1.29 is 36.7 Å². The molecule has 0 unspecified atom stereocenters. The number of rotatable bonds is 6. The molecule has 0 aliphatic carbocycles. The summed E-state index contributed by atoms with van der Waals surface area (Å²) in [5.41, 5.74) is 1.54. The van der Waals surface area contributed by atoms with Crippen molar-refractivity contribution in [2.75, 3.05) is 49.1 Å². The summed E-state index contributed by atoms with van der Waals surface area (Å²) in [6.07, 6.45) is 10.6. The number of aryl methyl sites for hydroxylation is 2. The lowest BCUT2D eigenvalue weighted by Crippen LogP contribution is -2.54. The van der Waals surface area contributed by atoms with E-state index in [9.17, 15) is 28.8 Å². The van der Waals surface area contributed by atoms with Gasteiger partial charge in [0.1, 0.15) is 34.7 Å². The number of halogens is 5. The molecule has 472 valence electrons. The van der Waals surface area contributed by atoms with Gasteiger partial charge in [0.05, 0.1) is 55.8 Å². The highest BCUT2D eigenvalue weighted by Gasteiger charge is 2.34. The number of aromatic nitrogens is 8. The van der Waals surface area contributed by atoms with Crippen molar-refractivity contribution in [3.05, 3.63) is 176 Å². The SMILES string of the molecule is C=CC(=O)Cl.C=CC(=O)N1CCN(c2nc(=O)n3c4nc(c(F)cc24)-c2c(F)cccc2C(=O)NCCCc2ccnc(C(C)C)c2-3)[C@@H](C)C1.CC(C)c1nccc2c1-n1c(=O)nc(N3CCCC[C@@H]3C)c3cc(F)c(nc31)-c1c(F)cccc1C(=O)NCCC2. The Morgan fingerprint density at radius 2 is 1.07 bits per heavy atom. The van der Waals surface area contributed by atoms with Crippen LogP contribution in [0.4, 0.5) is 29.2 Å². The lowest BCUT2D eigenvalue weighted by Gasteiger charge is -2.40. The summed E-state index contributed by atoms with van der Waals surface area (Å²) in [6.45, 7) is 20.7. The number of piperazine rings is 1. The number of fused-ring (bicyclic) bond motifs is 10. The summed E-state index contributed by atoms with van der Waals surface area (Å²) >= 11 is 4.71. The van der Waals surface area contributed by atoms with Crippen molar-refractivity contribution in [2.45, 2.75) is 110 Å². The molecule has 2 saturated heterocycles. The average Bonchev–Trinajstić information content (AvgIpc) is 1.15. The zero-order valence-electron chi connectivity index (χ0n) is 51.3. The lowest BCUT2D eigenvalue weighted by atomic mass is 10.0. The molecular formula is C67H68ClF4N13O6. The van der Waals surface area contributed by atoms with Crippen LogP contribution in [0, 0.1) is 23.3 Å². The smallest absolute Gasteiger partial charge is 0.353 e. The highest BCUT2D eigenvalue weighted by atomic mass is 35.5. The van der Waals surface area contributed by atoms with Gasteiger partial charge in [-0.1, -0.05) is 53.0 Å². The van der Waals surface area contributed by atoms with Crippen molar-refractivity contribution >= 4 is 68.3 Å². The predicted octanol–water partition coefficient (Wildman–Crippen LogP) is 10.4. The molecule has 3 amide bonds. The molecule has 91 heavy (non-hydrogen) atoms. The van der Waals surface area contributed by atoms with Gasteiger partial charge in [0.25, 0.3) is 11.8 Å². The molecule has 12 rings (SSSR count). The summed E-state index contributed by atoms with van der Waals surface area (Å²) < 4.78 is 66.0. The van der Waals surface area contributed by atoms with Gasteiger partial charge in [-0.15, -0.1) is 0 Å². The maximum atomic E-state index is 16.2. The zero-order chi connectivity index (χ0) is 65.1. The number of hydrogen-bond donors (Lipinski definition) is 2. The van der Waals surface area contributed by atoms with Crippen molar-refractivity contribution in [3.8, 4) is 33.9 Å². The maximum Gasteiger partial charge on any atom is 0.355 e. The van der Waals surface area contributed by atoms with Gasteiger partial charge in [0, 0.05) is 63.7 Å². The van der Waals surface area contributed by atoms with E-state index in [4.69, 9.17) is 11.6 Å². The number of carbonyl (C=O) groups excluding carboxylic acids is 4. The first kappa shape index (κ1) is 64.5. The van der Waals surface area contributed by atoms with E-state index in [0.29, 0.717) is 92.4 Å². The predicted molar refractivity (Wildman–Crippen MR) is 341 cm³/mol. The number of piperidine rings is 1. The van der Waals surface area contributed by atoms with Gasteiger partial charge in [0.2, 0.25) is 11.1 Å². The van der Waals surface area contributed by atoms with Crippen LogP contribution >= 0.6 is 11.6 Å². The summed E-state index contributed by atoms with van der Waals surface area (Å²) in [5, 5.41) is 5.71. The van der Waals surface area contributed by atoms with Crippen LogP contribution in [0.15, 0.2) is 108 Å². The fraction of sp³-hybridized carbons (Fsp3) is 0.343. The first-order valence-corrected chi connectivity index (χ1v) is 30.6. The molecule has 0 saturated carbocycles. The lowest BCUT2D eigenvalue weighted by molar-refractivity contribution is -0.126. The second kappa shape index (κ2) is 27.3. The third-order valence-corrected chi connectivity index (χ3v) is 16.8. The van der Waals surface area contributed by atoms with Crippen LogP contribution in [0.25, 0.3) is 56.0 Å². The van der Waals surface area contributed by atoms with Crippen LogP contribution in [-0.4, -0.2) is 118 Å². The molecule has 2 aromatic carbocycles. The molecule has 2 N–H and O–H groups in total. The van der Waals surface area contributed by atoms with Gasteiger partial charge >= 0.3 is 11.4 Å².